The number of hydrogen-bond acceptors (Lipinski definition) is 0. The number of rotatable bonds is 1. The molecular weight excluding hydrogens is 201 g/mol. The second-order valence-electron chi connectivity index (χ2n) is 3.65. The lowest BCUT2D eigenvalue weighted by Gasteiger charge is -1.96. The summed E-state index contributed by atoms with van der Waals surface area (Å²) >= 11 is 0. The Bertz CT molecular complexity index is 626. The Kier molecular flexibility index (Phi) is 2.00. The molecule has 3 rings (SSSR count). The van der Waals surface area contributed by atoms with Crippen LogP contribution in [0.1, 0.15) is 0 Å². The summed E-state index contributed by atoms with van der Waals surface area (Å²) in [6, 6.07) is 17.6. The lowest BCUT2D eigenvalue weighted by atomic mass is 10.1. The summed E-state index contributed by atoms with van der Waals surface area (Å²) in [7, 11) is 0. The molecule has 1 N–H and O–H groups in total. The molecule has 2 heteroatoms. The van der Waals surface area contributed by atoms with Crippen LogP contribution in [-0.2, 0) is 0 Å². The average molecular weight is 210 g/mol. The molecule has 16 heavy (non-hydrogen) atoms. The van der Waals surface area contributed by atoms with Crippen molar-refractivity contribution in [1.29, 1.82) is 0 Å². The van der Waals surface area contributed by atoms with Crippen molar-refractivity contribution in [2.75, 3.05) is 0 Å². The van der Waals surface area contributed by atoms with Gasteiger partial charge in [0.15, 0.2) is 5.82 Å². The highest BCUT2D eigenvalue weighted by Crippen LogP contribution is 2.28. The molecule has 1 radical (unpaired) electrons. The van der Waals surface area contributed by atoms with Crippen molar-refractivity contribution in [1.82, 2.24) is 4.98 Å². The van der Waals surface area contributed by atoms with Gasteiger partial charge in [0.05, 0.1) is 5.69 Å². The minimum atomic E-state index is -0.210. The summed E-state index contributed by atoms with van der Waals surface area (Å²) in [5.41, 5.74) is 2.20. The van der Waals surface area contributed by atoms with Crippen LogP contribution in [0.2, 0.25) is 0 Å². The second-order valence-corrected chi connectivity index (χ2v) is 3.65. The molecule has 2 aromatic carbocycles. The summed E-state index contributed by atoms with van der Waals surface area (Å²) in [5.74, 6) is -0.210. The minimum absolute atomic E-state index is 0.210. The zero-order valence-electron chi connectivity index (χ0n) is 8.50. The Balaban J connectivity index is 2.29. The third kappa shape index (κ3) is 1.31. The molecule has 0 fully saturated rings. The molecule has 0 aliphatic rings. The van der Waals surface area contributed by atoms with E-state index in [0.717, 1.165) is 11.1 Å². The van der Waals surface area contributed by atoms with E-state index in [1.165, 1.54) is 0 Å². The van der Waals surface area contributed by atoms with Gasteiger partial charge in [0.2, 0.25) is 0 Å². The Hall–Kier alpha value is -2.09. The van der Waals surface area contributed by atoms with Gasteiger partial charge in [-0.2, -0.15) is 0 Å². The van der Waals surface area contributed by atoms with E-state index in [1.54, 1.807) is 12.1 Å². The molecule has 0 atom stereocenters. The monoisotopic (exact) mass is 210 g/mol. The molecule has 0 aliphatic heterocycles. The number of H-pyrrole nitrogens is 1. The lowest BCUT2D eigenvalue weighted by molar-refractivity contribution is 0.643. The Labute approximate surface area is 92.5 Å². The zero-order valence-corrected chi connectivity index (χ0v) is 8.50. The summed E-state index contributed by atoms with van der Waals surface area (Å²) in [6.45, 7) is 0. The van der Waals surface area contributed by atoms with Crippen molar-refractivity contribution < 1.29 is 4.39 Å². The van der Waals surface area contributed by atoms with E-state index in [1.807, 2.05) is 36.4 Å². The van der Waals surface area contributed by atoms with Gasteiger partial charge < -0.3 is 4.98 Å². The third-order valence-corrected chi connectivity index (χ3v) is 2.64. The van der Waals surface area contributed by atoms with Crippen LogP contribution in [-0.4, -0.2) is 4.98 Å². The smallest absolute Gasteiger partial charge is 0.156 e. The molecule has 1 aromatic heterocycles. The van der Waals surface area contributed by atoms with Gasteiger partial charge in [0, 0.05) is 16.5 Å². The van der Waals surface area contributed by atoms with Crippen LogP contribution >= 0.6 is 0 Å². The molecular formula is C14H9FN. The minimum Gasteiger partial charge on any atom is -0.352 e. The maximum atomic E-state index is 14.1. The van der Waals surface area contributed by atoms with Crippen molar-refractivity contribution >= 4 is 10.9 Å². The third-order valence-electron chi connectivity index (χ3n) is 2.64. The number of nitrogens with one attached hydrogen (secondary N) is 1. The summed E-state index contributed by atoms with van der Waals surface area (Å²) in [5, 5.41) is 0.585. The van der Waals surface area contributed by atoms with Gasteiger partial charge in [0.1, 0.15) is 0 Å². The number of fused-ring (bicyclic) bond motifs is 1. The topological polar surface area (TPSA) is 15.8 Å². The largest absolute Gasteiger partial charge is 0.352 e. The van der Waals surface area contributed by atoms with Gasteiger partial charge in [-0.1, -0.05) is 36.4 Å². The van der Waals surface area contributed by atoms with Crippen molar-refractivity contribution in [3.05, 3.63) is 60.4 Å². The van der Waals surface area contributed by atoms with E-state index in [4.69, 9.17) is 0 Å². The van der Waals surface area contributed by atoms with Crippen LogP contribution in [0.15, 0.2) is 48.5 Å². The van der Waals surface area contributed by atoms with E-state index >= 15 is 0 Å². The standard InChI is InChI=1S/C14H9FN/c15-13-11-8-4-5-9-12(11)16-14(13)10-6-2-1-3-7-10/h1-3,5-9,16H. The fourth-order valence-corrected chi connectivity index (χ4v) is 1.85. The molecule has 0 saturated carbocycles. The number of hydrogen-bond donors (Lipinski definition) is 1. The first-order chi connectivity index (χ1) is 7.86. The molecule has 0 spiro atoms. The van der Waals surface area contributed by atoms with Gasteiger partial charge in [-0.3, -0.25) is 0 Å². The molecule has 3 aromatic rings. The van der Waals surface area contributed by atoms with Crippen molar-refractivity contribution in [3.63, 3.8) is 0 Å². The van der Waals surface area contributed by atoms with Crippen molar-refractivity contribution in [3.8, 4) is 11.3 Å². The Morgan fingerprint density at radius 2 is 1.88 bits per heavy atom. The van der Waals surface area contributed by atoms with Gasteiger partial charge in [-0.15, -0.1) is 0 Å². The van der Waals surface area contributed by atoms with Crippen LogP contribution < -0.4 is 0 Å². The Morgan fingerprint density at radius 3 is 2.62 bits per heavy atom. The first-order valence-electron chi connectivity index (χ1n) is 5.09. The Morgan fingerprint density at radius 1 is 1.06 bits per heavy atom. The van der Waals surface area contributed by atoms with Crippen molar-refractivity contribution in [2.24, 2.45) is 0 Å². The highest BCUT2D eigenvalue weighted by Gasteiger charge is 2.11. The van der Waals surface area contributed by atoms with E-state index in [-0.39, 0.29) is 5.82 Å². The highest BCUT2D eigenvalue weighted by molar-refractivity contribution is 5.86. The van der Waals surface area contributed by atoms with E-state index in [2.05, 4.69) is 11.1 Å². The van der Waals surface area contributed by atoms with Crippen LogP contribution in [0.3, 0.4) is 0 Å². The van der Waals surface area contributed by atoms with E-state index < -0.39 is 0 Å². The van der Waals surface area contributed by atoms with Crippen molar-refractivity contribution in [2.45, 2.75) is 0 Å². The van der Waals surface area contributed by atoms with Gasteiger partial charge in [-0.05, 0) is 18.2 Å². The van der Waals surface area contributed by atoms with E-state index in [9.17, 15) is 4.39 Å². The van der Waals surface area contributed by atoms with Crippen LogP contribution in [0.25, 0.3) is 22.2 Å². The molecule has 1 nitrogen and oxygen atoms in total. The molecule has 77 valence electrons. The zero-order chi connectivity index (χ0) is 11.0. The summed E-state index contributed by atoms with van der Waals surface area (Å²) < 4.78 is 14.1. The predicted molar refractivity (Wildman–Crippen MR) is 62.5 cm³/mol. The summed E-state index contributed by atoms with van der Waals surface area (Å²) in [4.78, 5) is 3.09. The fourth-order valence-electron chi connectivity index (χ4n) is 1.85. The quantitative estimate of drug-likeness (QED) is 0.629. The molecule has 1 heterocycles. The van der Waals surface area contributed by atoms with Gasteiger partial charge in [0.25, 0.3) is 0 Å². The summed E-state index contributed by atoms with van der Waals surface area (Å²) in [6.07, 6.45) is 0. The fraction of sp³-hybridized carbons (Fsp3) is 0. The number of halogens is 1. The molecule has 0 aliphatic carbocycles. The van der Waals surface area contributed by atoms with Crippen LogP contribution in [0, 0.1) is 11.9 Å². The maximum Gasteiger partial charge on any atom is 0.156 e. The SMILES string of the molecule is Fc1c(-c2ccccc2)[nH]c2cc[c]cc12. The lowest BCUT2D eigenvalue weighted by Crippen LogP contribution is -1.79. The second kappa shape index (κ2) is 3.49. The van der Waals surface area contributed by atoms with Gasteiger partial charge >= 0.3 is 0 Å². The first-order valence-corrected chi connectivity index (χ1v) is 5.09. The molecule has 0 amide bonds. The maximum absolute atomic E-state index is 14.1. The first kappa shape index (κ1) is 9.16. The number of aromatic amines is 1. The predicted octanol–water partition coefficient (Wildman–Crippen LogP) is 3.77. The molecule has 0 unspecified atom stereocenters. The molecule has 0 bridgehead atoms. The normalized spacial score (nSPS) is 10.8. The molecule has 0 saturated heterocycles. The highest BCUT2D eigenvalue weighted by atomic mass is 19.1. The number of aromatic nitrogens is 1. The van der Waals surface area contributed by atoms with E-state index in [0.29, 0.717) is 11.1 Å². The van der Waals surface area contributed by atoms with Crippen LogP contribution in [0.5, 0.6) is 0 Å². The van der Waals surface area contributed by atoms with Gasteiger partial charge in [-0.25, -0.2) is 4.39 Å². The number of benzene rings is 2. The average Bonchev–Trinajstić information content (AvgIpc) is 2.69. The van der Waals surface area contributed by atoms with Crippen LogP contribution in [0.4, 0.5) is 4.39 Å².